The molecule has 0 bridgehead atoms. The van der Waals surface area contributed by atoms with Crippen LogP contribution >= 0.6 is 0 Å². The van der Waals surface area contributed by atoms with Crippen molar-refractivity contribution in [2.75, 3.05) is 5.32 Å². The lowest BCUT2D eigenvalue weighted by atomic mass is 9.95. The minimum atomic E-state index is -0.847. The molecular weight excluding hydrogens is 262 g/mol. The number of carbonyl (C=O) groups is 1. The van der Waals surface area contributed by atoms with Gasteiger partial charge in [-0.15, -0.1) is 0 Å². The SMILES string of the molecule is CCCC1CCCC(Nc2cccc(C(=O)O)c2C)CC1. The first kappa shape index (κ1) is 15.9. The molecule has 21 heavy (non-hydrogen) atoms. The standard InChI is InChI=1S/C18H27NO2/c1-3-6-14-7-4-8-15(12-11-14)19-17-10-5-9-16(13(17)2)18(20)21/h5,9-10,14-15,19H,3-4,6-8,11-12H2,1-2H3,(H,20,21). The van der Waals surface area contributed by atoms with E-state index in [9.17, 15) is 9.90 Å². The van der Waals surface area contributed by atoms with Crippen LogP contribution in [0.15, 0.2) is 18.2 Å². The highest BCUT2D eigenvalue weighted by atomic mass is 16.4. The maximum atomic E-state index is 11.2. The van der Waals surface area contributed by atoms with E-state index in [-0.39, 0.29) is 0 Å². The lowest BCUT2D eigenvalue weighted by Gasteiger charge is -2.20. The highest BCUT2D eigenvalue weighted by Gasteiger charge is 2.19. The normalized spacial score (nSPS) is 22.6. The van der Waals surface area contributed by atoms with Crippen LogP contribution in [0.2, 0.25) is 0 Å². The molecule has 3 heteroatoms. The number of aromatic carboxylic acids is 1. The molecule has 1 saturated carbocycles. The topological polar surface area (TPSA) is 49.3 Å². The van der Waals surface area contributed by atoms with Crippen molar-refractivity contribution in [3.05, 3.63) is 29.3 Å². The van der Waals surface area contributed by atoms with Crippen LogP contribution in [0.25, 0.3) is 0 Å². The van der Waals surface area contributed by atoms with Crippen LogP contribution in [0.1, 0.15) is 67.8 Å². The summed E-state index contributed by atoms with van der Waals surface area (Å²) >= 11 is 0. The summed E-state index contributed by atoms with van der Waals surface area (Å²) in [5.74, 6) is 0.0354. The third-order valence-corrected chi connectivity index (χ3v) is 4.71. The predicted octanol–water partition coefficient (Wildman–Crippen LogP) is 4.85. The molecule has 2 atom stereocenters. The minimum absolute atomic E-state index is 0.400. The Labute approximate surface area is 127 Å². The zero-order chi connectivity index (χ0) is 15.2. The summed E-state index contributed by atoms with van der Waals surface area (Å²) in [5, 5.41) is 12.8. The molecule has 1 aliphatic rings. The smallest absolute Gasteiger partial charge is 0.336 e. The van der Waals surface area contributed by atoms with Gasteiger partial charge in [-0.1, -0.05) is 38.7 Å². The van der Waals surface area contributed by atoms with Gasteiger partial charge in [0.15, 0.2) is 0 Å². The summed E-state index contributed by atoms with van der Waals surface area (Å²) in [6.45, 7) is 4.16. The second-order valence-electron chi connectivity index (χ2n) is 6.29. The van der Waals surface area contributed by atoms with E-state index < -0.39 is 5.97 Å². The van der Waals surface area contributed by atoms with Crippen molar-refractivity contribution in [2.45, 2.75) is 64.8 Å². The van der Waals surface area contributed by atoms with Gasteiger partial charge in [-0.25, -0.2) is 4.79 Å². The van der Waals surface area contributed by atoms with Gasteiger partial charge in [0.2, 0.25) is 0 Å². The third-order valence-electron chi connectivity index (χ3n) is 4.71. The van der Waals surface area contributed by atoms with Gasteiger partial charge in [0.05, 0.1) is 5.56 Å². The van der Waals surface area contributed by atoms with Crippen molar-refractivity contribution in [1.29, 1.82) is 0 Å². The number of hydrogen-bond acceptors (Lipinski definition) is 2. The van der Waals surface area contributed by atoms with Gasteiger partial charge in [-0.3, -0.25) is 0 Å². The van der Waals surface area contributed by atoms with Gasteiger partial charge in [-0.2, -0.15) is 0 Å². The highest BCUT2D eigenvalue weighted by molar-refractivity contribution is 5.91. The summed E-state index contributed by atoms with van der Waals surface area (Å²) in [6, 6.07) is 5.98. The molecule has 0 amide bonds. The largest absolute Gasteiger partial charge is 0.478 e. The number of carboxylic acid groups (broad SMARTS) is 1. The lowest BCUT2D eigenvalue weighted by Crippen LogP contribution is -2.19. The minimum Gasteiger partial charge on any atom is -0.478 e. The fraction of sp³-hybridized carbons (Fsp3) is 0.611. The molecule has 116 valence electrons. The monoisotopic (exact) mass is 289 g/mol. The predicted molar refractivity (Wildman–Crippen MR) is 87.0 cm³/mol. The molecular formula is C18H27NO2. The third kappa shape index (κ3) is 4.23. The molecule has 0 heterocycles. The van der Waals surface area contributed by atoms with Gasteiger partial charge < -0.3 is 10.4 Å². The van der Waals surface area contributed by atoms with Crippen LogP contribution in [-0.4, -0.2) is 17.1 Å². The molecule has 2 N–H and O–H groups in total. The van der Waals surface area contributed by atoms with Crippen molar-refractivity contribution >= 4 is 11.7 Å². The van der Waals surface area contributed by atoms with Gasteiger partial charge in [0.1, 0.15) is 0 Å². The molecule has 0 spiro atoms. The zero-order valence-corrected chi connectivity index (χ0v) is 13.2. The Morgan fingerprint density at radius 3 is 2.81 bits per heavy atom. The van der Waals surface area contributed by atoms with E-state index in [0.29, 0.717) is 11.6 Å². The fourth-order valence-electron chi connectivity index (χ4n) is 3.46. The summed E-state index contributed by atoms with van der Waals surface area (Å²) in [7, 11) is 0. The number of carboxylic acids is 1. The van der Waals surface area contributed by atoms with E-state index in [2.05, 4.69) is 12.2 Å². The van der Waals surface area contributed by atoms with Crippen molar-refractivity contribution in [3.8, 4) is 0 Å². The average Bonchev–Trinajstić information content (AvgIpc) is 2.67. The number of hydrogen-bond donors (Lipinski definition) is 2. The Morgan fingerprint density at radius 1 is 1.29 bits per heavy atom. The van der Waals surface area contributed by atoms with Crippen molar-refractivity contribution in [2.24, 2.45) is 5.92 Å². The number of anilines is 1. The molecule has 1 aromatic carbocycles. The highest BCUT2D eigenvalue weighted by Crippen LogP contribution is 2.29. The first-order valence-electron chi connectivity index (χ1n) is 8.21. The molecule has 2 rings (SSSR count). The first-order chi connectivity index (χ1) is 10.1. The summed E-state index contributed by atoms with van der Waals surface area (Å²) in [5.41, 5.74) is 2.23. The van der Waals surface area contributed by atoms with Crippen LogP contribution < -0.4 is 5.32 Å². The molecule has 0 radical (unpaired) electrons. The summed E-state index contributed by atoms with van der Waals surface area (Å²) in [6.07, 6.45) is 8.93. The van der Waals surface area contributed by atoms with Gasteiger partial charge in [0.25, 0.3) is 0 Å². The second-order valence-corrected chi connectivity index (χ2v) is 6.29. The van der Waals surface area contributed by atoms with Gasteiger partial charge in [0, 0.05) is 11.7 Å². The Hall–Kier alpha value is -1.51. The molecule has 0 saturated heterocycles. The number of nitrogens with one attached hydrogen (secondary N) is 1. The second kappa shape index (κ2) is 7.48. The van der Waals surface area contributed by atoms with E-state index in [1.54, 1.807) is 6.07 Å². The van der Waals surface area contributed by atoms with Gasteiger partial charge >= 0.3 is 5.97 Å². The zero-order valence-electron chi connectivity index (χ0n) is 13.2. The Kier molecular flexibility index (Phi) is 5.66. The van der Waals surface area contributed by atoms with Crippen LogP contribution in [0.3, 0.4) is 0 Å². The van der Waals surface area contributed by atoms with E-state index >= 15 is 0 Å². The summed E-state index contributed by atoms with van der Waals surface area (Å²) in [4.78, 5) is 11.2. The molecule has 3 nitrogen and oxygen atoms in total. The Balaban J connectivity index is 2.02. The summed E-state index contributed by atoms with van der Waals surface area (Å²) < 4.78 is 0. The molecule has 2 unspecified atom stereocenters. The van der Waals surface area contributed by atoms with E-state index in [4.69, 9.17) is 0 Å². The van der Waals surface area contributed by atoms with E-state index in [1.807, 2.05) is 19.1 Å². The number of rotatable bonds is 5. The van der Waals surface area contributed by atoms with Gasteiger partial charge in [-0.05, 0) is 49.8 Å². The molecule has 0 aliphatic heterocycles. The van der Waals surface area contributed by atoms with Crippen molar-refractivity contribution < 1.29 is 9.90 Å². The first-order valence-corrected chi connectivity index (χ1v) is 8.21. The van der Waals surface area contributed by atoms with Crippen LogP contribution in [0, 0.1) is 12.8 Å². The van der Waals surface area contributed by atoms with Crippen molar-refractivity contribution in [1.82, 2.24) is 0 Å². The van der Waals surface area contributed by atoms with Crippen LogP contribution in [0.4, 0.5) is 5.69 Å². The molecule has 1 aromatic rings. The fourth-order valence-corrected chi connectivity index (χ4v) is 3.46. The average molecular weight is 289 g/mol. The molecule has 0 aromatic heterocycles. The maximum absolute atomic E-state index is 11.2. The lowest BCUT2D eigenvalue weighted by molar-refractivity contribution is 0.0696. The molecule has 1 fully saturated rings. The van der Waals surface area contributed by atoms with E-state index in [0.717, 1.165) is 17.2 Å². The quantitative estimate of drug-likeness (QED) is 0.761. The number of benzene rings is 1. The Morgan fingerprint density at radius 2 is 2.10 bits per heavy atom. The Bertz CT molecular complexity index is 484. The van der Waals surface area contributed by atoms with Crippen molar-refractivity contribution in [3.63, 3.8) is 0 Å². The van der Waals surface area contributed by atoms with Crippen LogP contribution in [-0.2, 0) is 0 Å². The molecule has 1 aliphatic carbocycles. The van der Waals surface area contributed by atoms with E-state index in [1.165, 1.54) is 44.9 Å². The van der Waals surface area contributed by atoms with Crippen LogP contribution in [0.5, 0.6) is 0 Å². The maximum Gasteiger partial charge on any atom is 0.336 e.